The molecule has 1 N–H and O–H groups in total. The van der Waals surface area contributed by atoms with E-state index in [-0.39, 0.29) is 11.9 Å². The van der Waals surface area contributed by atoms with E-state index >= 15 is 0 Å². The van der Waals surface area contributed by atoms with Gasteiger partial charge in [0.15, 0.2) is 0 Å². The number of likely N-dealkylation sites (N-methyl/N-ethyl adjacent to an activating group) is 1. The van der Waals surface area contributed by atoms with Crippen LogP contribution in [0.4, 0.5) is 0 Å². The summed E-state index contributed by atoms with van der Waals surface area (Å²) in [6, 6.07) is 0.0443. The molecule has 104 valence electrons. The summed E-state index contributed by atoms with van der Waals surface area (Å²) in [5.74, 6) is 1.42. The Kier molecular flexibility index (Phi) is 4.62. The Morgan fingerprint density at radius 2 is 2.22 bits per heavy atom. The fourth-order valence-corrected chi connectivity index (χ4v) is 3.27. The molecule has 4 heteroatoms. The monoisotopic (exact) mass is 253 g/mol. The largest absolute Gasteiger partial charge is 0.344 e. The van der Waals surface area contributed by atoms with Crippen LogP contribution in [-0.4, -0.2) is 62.0 Å². The number of piperidine rings is 1. The molecule has 3 atom stereocenters. The molecule has 2 rings (SSSR count). The summed E-state index contributed by atoms with van der Waals surface area (Å²) in [4.78, 5) is 16.7. The predicted octanol–water partition coefficient (Wildman–Crippen LogP) is 0.785. The van der Waals surface area contributed by atoms with E-state index in [1.54, 1.807) is 0 Å². The SMILES string of the molecule is CC1CCCNC1C(=O)N(C)CC1CCN(C)C1. The summed E-state index contributed by atoms with van der Waals surface area (Å²) in [5.41, 5.74) is 0. The molecule has 0 aromatic rings. The second kappa shape index (κ2) is 6.02. The highest BCUT2D eigenvalue weighted by molar-refractivity contribution is 5.82. The third kappa shape index (κ3) is 3.23. The zero-order chi connectivity index (χ0) is 13.1. The van der Waals surface area contributed by atoms with Crippen molar-refractivity contribution in [1.29, 1.82) is 0 Å². The molecule has 0 aliphatic carbocycles. The van der Waals surface area contributed by atoms with Crippen LogP contribution in [0, 0.1) is 11.8 Å². The molecular formula is C14H27N3O. The Morgan fingerprint density at radius 1 is 1.44 bits per heavy atom. The van der Waals surface area contributed by atoms with Crippen molar-refractivity contribution in [2.24, 2.45) is 11.8 Å². The van der Waals surface area contributed by atoms with Gasteiger partial charge in [0, 0.05) is 20.1 Å². The van der Waals surface area contributed by atoms with E-state index in [4.69, 9.17) is 0 Å². The maximum atomic E-state index is 12.4. The molecule has 0 radical (unpaired) electrons. The molecule has 1 amide bonds. The highest BCUT2D eigenvalue weighted by Gasteiger charge is 2.31. The van der Waals surface area contributed by atoms with Crippen molar-refractivity contribution in [3.05, 3.63) is 0 Å². The summed E-state index contributed by atoms with van der Waals surface area (Å²) >= 11 is 0. The molecule has 0 aromatic heterocycles. The quantitative estimate of drug-likeness (QED) is 0.807. The van der Waals surface area contributed by atoms with Crippen molar-refractivity contribution in [1.82, 2.24) is 15.1 Å². The van der Waals surface area contributed by atoms with Gasteiger partial charge in [0.2, 0.25) is 5.91 Å². The van der Waals surface area contributed by atoms with Crippen LogP contribution in [0.15, 0.2) is 0 Å². The van der Waals surface area contributed by atoms with Gasteiger partial charge in [0.05, 0.1) is 6.04 Å². The van der Waals surface area contributed by atoms with Crippen molar-refractivity contribution in [3.63, 3.8) is 0 Å². The zero-order valence-electron chi connectivity index (χ0n) is 12.0. The van der Waals surface area contributed by atoms with Crippen LogP contribution in [0.2, 0.25) is 0 Å². The lowest BCUT2D eigenvalue weighted by Crippen LogP contribution is -2.52. The zero-order valence-corrected chi connectivity index (χ0v) is 12.0. The van der Waals surface area contributed by atoms with E-state index in [1.165, 1.54) is 25.8 Å². The Morgan fingerprint density at radius 3 is 2.83 bits per heavy atom. The molecule has 3 unspecified atom stereocenters. The van der Waals surface area contributed by atoms with Gasteiger partial charge in [-0.25, -0.2) is 0 Å². The number of rotatable bonds is 3. The Bertz CT molecular complexity index is 295. The van der Waals surface area contributed by atoms with Crippen molar-refractivity contribution in [2.45, 2.75) is 32.2 Å². The lowest BCUT2D eigenvalue weighted by Gasteiger charge is -2.33. The standard InChI is InChI=1S/C14H27N3O/c1-11-5-4-7-15-13(11)14(18)17(3)10-12-6-8-16(2)9-12/h11-13,15H,4-10H2,1-3H3. The predicted molar refractivity (Wildman–Crippen MR) is 73.4 cm³/mol. The lowest BCUT2D eigenvalue weighted by atomic mass is 9.91. The van der Waals surface area contributed by atoms with Gasteiger partial charge in [0.1, 0.15) is 0 Å². The van der Waals surface area contributed by atoms with Crippen LogP contribution >= 0.6 is 0 Å². The van der Waals surface area contributed by atoms with E-state index in [2.05, 4.69) is 24.2 Å². The maximum absolute atomic E-state index is 12.4. The fraction of sp³-hybridized carbons (Fsp3) is 0.929. The van der Waals surface area contributed by atoms with Crippen LogP contribution in [-0.2, 0) is 4.79 Å². The maximum Gasteiger partial charge on any atom is 0.239 e. The number of likely N-dealkylation sites (tertiary alicyclic amines) is 1. The van der Waals surface area contributed by atoms with Crippen molar-refractivity contribution >= 4 is 5.91 Å². The average Bonchev–Trinajstić information content (AvgIpc) is 2.74. The first-order chi connectivity index (χ1) is 8.58. The highest BCUT2D eigenvalue weighted by Crippen LogP contribution is 2.19. The third-order valence-electron chi connectivity index (χ3n) is 4.43. The van der Waals surface area contributed by atoms with Crippen LogP contribution < -0.4 is 5.32 Å². The number of nitrogens with zero attached hydrogens (tertiary/aromatic N) is 2. The first-order valence-electron chi connectivity index (χ1n) is 7.25. The van der Waals surface area contributed by atoms with Gasteiger partial charge in [-0.15, -0.1) is 0 Å². The summed E-state index contributed by atoms with van der Waals surface area (Å²) in [7, 11) is 4.12. The minimum atomic E-state index is 0.0443. The fourth-order valence-electron chi connectivity index (χ4n) is 3.27. The van der Waals surface area contributed by atoms with Gasteiger partial charge < -0.3 is 15.1 Å². The van der Waals surface area contributed by atoms with Crippen molar-refractivity contribution in [3.8, 4) is 0 Å². The molecule has 18 heavy (non-hydrogen) atoms. The van der Waals surface area contributed by atoms with E-state index in [9.17, 15) is 4.79 Å². The molecule has 2 aliphatic heterocycles. The first kappa shape index (κ1) is 13.8. The van der Waals surface area contributed by atoms with Crippen molar-refractivity contribution in [2.75, 3.05) is 40.3 Å². The normalized spacial score (nSPS) is 33.6. The van der Waals surface area contributed by atoms with Gasteiger partial charge in [-0.05, 0) is 51.2 Å². The van der Waals surface area contributed by atoms with Gasteiger partial charge >= 0.3 is 0 Å². The number of carbonyl (C=O) groups excluding carboxylic acids is 1. The molecule has 2 saturated heterocycles. The highest BCUT2D eigenvalue weighted by atomic mass is 16.2. The topological polar surface area (TPSA) is 35.6 Å². The van der Waals surface area contributed by atoms with Crippen LogP contribution in [0.3, 0.4) is 0 Å². The smallest absolute Gasteiger partial charge is 0.239 e. The minimum absolute atomic E-state index is 0.0443. The van der Waals surface area contributed by atoms with Gasteiger partial charge in [-0.1, -0.05) is 6.92 Å². The lowest BCUT2D eigenvalue weighted by molar-refractivity contribution is -0.134. The number of carbonyl (C=O) groups is 1. The van der Waals surface area contributed by atoms with Gasteiger partial charge in [-0.3, -0.25) is 4.79 Å². The molecule has 0 saturated carbocycles. The van der Waals surface area contributed by atoms with Crippen molar-refractivity contribution < 1.29 is 4.79 Å². The molecule has 0 bridgehead atoms. The van der Waals surface area contributed by atoms with E-state index in [1.807, 2.05) is 11.9 Å². The molecule has 4 nitrogen and oxygen atoms in total. The van der Waals surface area contributed by atoms with Gasteiger partial charge in [-0.2, -0.15) is 0 Å². The second-order valence-corrected chi connectivity index (χ2v) is 6.19. The Balaban J connectivity index is 1.84. The average molecular weight is 253 g/mol. The third-order valence-corrected chi connectivity index (χ3v) is 4.43. The van der Waals surface area contributed by atoms with E-state index in [0.29, 0.717) is 11.8 Å². The minimum Gasteiger partial charge on any atom is -0.344 e. The molecule has 2 fully saturated rings. The summed E-state index contributed by atoms with van der Waals surface area (Å²) in [6.45, 7) is 6.39. The molecular weight excluding hydrogens is 226 g/mol. The second-order valence-electron chi connectivity index (χ2n) is 6.19. The Hall–Kier alpha value is -0.610. The molecule has 2 heterocycles. The number of nitrogens with one attached hydrogen (secondary N) is 1. The molecule has 0 spiro atoms. The first-order valence-corrected chi connectivity index (χ1v) is 7.25. The van der Waals surface area contributed by atoms with E-state index < -0.39 is 0 Å². The van der Waals surface area contributed by atoms with Crippen LogP contribution in [0.1, 0.15) is 26.2 Å². The van der Waals surface area contributed by atoms with Gasteiger partial charge in [0.25, 0.3) is 0 Å². The number of amides is 1. The summed E-state index contributed by atoms with van der Waals surface area (Å²) in [6.07, 6.45) is 3.59. The number of hydrogen-bond acceptors (Lipinski definition) is 3. The van der Waals surface area contributed by atoms with Crippen LogP contribution in [0.25, 0.3) is 0 Å². The molecule has 0 aromatic carbocycles. The number of hydrogen-bond donors (Lipinski definition) is 1. The van der Waals surface area contributed by atoms with Crippen LogP contribution in [0.5, 0.6) is 0 Å². The summed E-state index contributed by atoms with van der Waals surface area (Å²) in [5, 5.41) is 3.38. The summed E-state index contributed by atoms with van der Waals surface area (Å²) < 4.78 is 0. The van der Waals surface area contributed by atoms with E-state index in [0.717, 1.165) is 19.6 Å². The Labute approximate surface area is 111 Å². The molecule has 2 aliphatic rings.